The second-order valence-corrected chi connectivity index (χ2v) is 7.70. The first-order chi connectivity index (χ1) is 13.4. The van der Waals surface area contributed by atoms with Crippen LogP contribution in [-0.4, -0.2) is 74.9 Å². The summed E-state index contributed by atoms with van der Waals surface area (Å²) >= 11 is 0. The van der Waals surface area contributed by atoms with Gasteiger partial charge in [-0.05, 0) is 13.3 Å². The van der Waals surface area contributed by atoms with Gasteiger partial charge >= 0.3 is 11.9 Å². The zero-order valence-electron chi connectivity index (χ0n) is 18.3. The Kier molecular flexibility index (Phi) is 14.3. The molecule has 170 valence electrons. The minimum atomic E-state index is -0.998. The fourth-order valence-electron chi connectivity index (χ4n) is 3.74. The highest BCUT2D eigenvalue weighted by Crippen LogP contribution is 2.17. The van der Waals surface area contributed by atoms with Crippen molar-refractivity contribution < 1.29 is 34.6 Å². The van der Waals surface area contributed by atoms with Gasteiger partial charge in [0.1, 0.15) is 19.7 Å². The van der Waals surface area contributed by atoms with E-state index in [9.17, 15) is 14.7 Å². The number of carboxylic acid groups (broad SMARTS) is 2. The molecule has 8 nitrogen and oxygen atoms in total. The molecule has 0 saturated heterocycles. The molecule has 29 heavy (non-hydrogen) atoms. The number of unbranched alkanes of at least 4 members (excludes halogenated alkanes) is 8. The summed E-state index contributed by atoms with van der Waals surface area (Å²) < 4.78 is 7.45. The number of aliphatic carboxylic acids is 2. The first-order valence-electron chi connectivity index (χ1n) is 10.8. The van der Waals surface area contributed by atoms with Crippen molar-refractivity contribution in [2.24, 2.45) is 0 Å². The van der Waals surface area contributed by atoms with Crippen molar-refractivity contribution in [2.45, 2.75) is 97.2 Å². The van der Waals surface area contributed by atoms with Gasteiger partial charge in [-0.2, -0.15) is 0 Å². The molecular formula is C21H40N2O6. The zero-order valence-corrected chi connectivity index (χ0v) is 18.3. The van der Waals surface area contributed by atoms with Gasteiger partial charge in [-0.3, -0.25) is 0 Å². The molecule has 0 aromatic rings. The van der Waals surface area contributed by atoms with Gasteiger partial charge in [0.25, 0.3) is 0 Å². The van der Waals surface area contributed by atoms with E-state index in [2.05, 4.69) is 6.92 Å². The lowest BCUT2D eigenvalue weighted by Crippen LogP contribution is -2.42. The van der Waals surface area contributed by atoms with Crippen LogP contribution in [0.15, 0.2) is 0 Å². The van der Waals surface area contributed by atoms with Crippen molar-refractivity contribution in [2.75, 3.05) is 19.7 Å². The Bertz CT molecular complexity index is 523. The Labute approximate surface area is 174 Å². The van der Waals surface area contributed by atoms with Crippen molar-refractivity contribution in [1.82, 2.24) is 4.90 Å². The number of hydrogen-bond acceptors (Lipinski definition) is 5. The van der Waals surface area contributed by atoms with Gasteiger partial charge in [-0.15, -0.1) is 0 Å². The maximum Gasteiger partial charge on any atom is 0.348 e. The standard InChI is InChI=1S/C21H38N2O5.H2O/c1-4-5-6-7-8-9-10-11-12-13-19-22(17(2)21(26)27)14-15-23(19)18(3)28-16-20(24)25;/h17-18H,4-16H2,1-3H3,(H-,24,25,26,27);1H2. The normalized spacial score (nSPS) is 15.9. The van der Waals surface area contributed by atoms with Crippen LogP contribution in [0.25, 0.3) is 0 Å². The van der Waals surface area contributed by atoms with Gasteiger partial charge in [0.15, 0.2) is 12.3 Å². The summed E-state index contributed by atoms with van der Waals surface area (Å²) in [6.07, 6.45) is 11.6. The third-order valence-electron chi connectivity index (χ3n) is 5.46. The molecule has 0 aromatic heterocycles. The van der Waals surface area contributed by atoms with E-state index in [0.29, 0.717) is 13.1 Å². The van der Waals surface area contributed by atoms with Crippen molar-refractivity contribution in [1.29, 1.82) is 0 Å². The molecule has 0 bridgehead atoms. The monoisotopic (exact) mass is 416 g/mol. The molecule has 2 atom stereocenters. The van der Waals surface area contributed by atoms with E-state index in [0.717, 1.165) is 25.1 Å². The number of amidine groups is 1. The quantitative estimate of drug-likeness (QED) is 0.292. The molecule has 8 heteroatoms. The van der Waals surface area contributed by atoms with Crippen molar-refractivity contribution >= 4 is 17.8 Å². The van der Waals surface area contributed by atoms with E-state index in [1.807, 2.05) is 16.4 Å². The van der Waals surface area contributed by atoms with Gasteiger partial charge in [-0.25, -0.2) is 19.1 Å². The highest BCUT2D eigenvalue weighted by atomic mass is 16.5. The number of carbonyl (C=O) groups is 2. The van der Waals surface area contributed by atoms with Crippen LogP contribution in [-0.2, 0) is 14.3 Å². The van der Waals surface area contributed by atoms with E-state index < -0.39 is 18.0 Å². The van der Waals surface area contributed by atoms with Gasteiger partial charge in [0.05, 0.1) is 0 Å². The lowest BCUT2D eigenvalue weighted by Gasteiger charge is -2.19. The summed E-state index contributed by atoms with van der Waals surface area (Å²) in [5.41, 5.74) is 0. The van der Waals surface area contributed by atoms with Crippen molar-refractivity contribution in [3.63, 3.8) is 0 Å². The Morgan fingerprint density at radius 1 is 1.03 bits per heavy atom. The van der Waals surface area contributed by atoms with Gasteiger partial charge < -0.3 is 20.4 Å². The Morgan fingerprint density at radius 3 is 2.10 bits per heavy atom. The van der Waals surface area contributed by atoms with Crippen LogP contribution in [0.5, 0.6) is 0 Å². The van der Waals surface area contributed by atoms with E-state index in [4.69, 9.17) is 9.84 Å². The Balaban J connectivity index is 0.00000784. The first-order valence-corrected chi connectivity index (χ1v) is 10.8. The molecule has 0 saturated carbocycles. The summed E-state index contributed by atoms with van der Waals surface area (Å²) in [5.74, 6) is -0.872. The summed E-state index contributed by atoms with van der Waals surface area (Å²) in [6.45, 7) is 6.69. The number of nitrogens with zero attached hydrogens (tertiary/aromatic N) is 2. The van der Waals surface area contributed by atoms with E-state index >= 15 is 0 Å². The predicted molar refractivity (Wildman–Crippen MR) is 111 cm³/mol. The molecule has 1 heterocycles. The van der Waals surface area contributed by atoms with E-state index in [-0.39, 0.29) is 18.3 Å². The second kappa shape index (κ2) is 15.2. The molecule has 1 aliphatic heterocycles. The van der Waals surface area contributed by atoms with Crippen LogP contribution in [0.2, 0.25) is 0 Å². The third-order valence-corrected chi connectivity index (χ3v) is 5.46. The molecule has 0 spiro atoms. The predicted octanol–water partition coefficient (Wildman–Crippen LogP) is 3.38. The number of rotatable bonds is 16. The molecule has 0 fully saturated rings. The molecule has 1 rings (SSSR count). The van der Waals surface area contributed by atoms with E-state index in [1.54, 1.807) is 6.92 Å². The summed E-state index contributed by atoms with van der Waals surface area (Å²) in [5, 5.41) is 18.2. The second-order valence-electron chi connectivity index (χ2n) is 7.70. The maximum absolute atomic E-state index is 11.5. The van der Waals surface area contributed by atoms with Crippen LogP contribution in [0.1, 0.15) is 85.0 Å². The SMILES string of the molecule is CCCCCCCCCCCC1=[N+](C(C)OCC(=O)O)CCN1C(C)C(=O)O.[OH-]. The smallest absolute Gasteiger partial charge is 0.348 e. The molecule has 1 aliphatic rings. The zero-order chi connectivity index (χ0) is 20.9. The Morgan fingerprint density at radius 2 is 1.59 bits per heavy atom. The first kappa shape index (κ1) is 27.3. The molecule has 0 aliphatic carbocycles. The van der Waals surface area contributed by atoms with Crippen LogP contribution in [0, 0.1) is 0 Å². The Hall–Kier alpha value is -1.67. The molecule has 2 unspecified atom stereocenters. The van der Waals surface area contributed by atoms with Crippen LogP contribution < -0.4 is 0 Å². The number of hydrogen-bond donors (Lipinski definition) is 2. The van der Waals surface area contributed by atoms with Gasteiger partial charge in [0, 0.05) is 13.3 Å². The van der Waals surface area contributed by atoms with Crippen molar-refractivity contribution in [3.05, 3.63) is 0 Å². The summed E-state index contributed by atoms with van der Waals surface area (Å²) in [6, 6.07) is -0.592. The maximum atomic E-state index is 11.5. The minimum absolute atomic E-state index is 0. The minimum Gasteiger partial charge on any atom is -0.870 e. The van der Waals surface area contributed by atoms with Crippen molar-refractivity contribution in [3.8, 4) is 0 Å². The van der Waals surface area contributed by atoms with Crippen LogP contribution >= 0.6 is 0 Å². The molecule has 0 radical (unpaired) electrons. The van der Waals surface area contributed by atoms with Crippen LogP contribution in [0.4, 0.5) is 0 Å². The molecule has 0 aromatic carbocycles. The molecule has 0 amide bonds. The third kappa shape index (κ3) is 10.1. The summed E-state index contributed by atoms with van der Waals surface area (Å²) in [4.78, 5) is 24.2. The number of carboxylic acids is 2. The fourth-order valence-corrected chi connectivity index (χ4v) is 3.74. The molecular weight excluding hydrogens is 376 g/mol. The number of ether oxygens (including phenoxy) is 1. The van der Waals surface area contributed by atoms with Gasteiger partial charge in [0.2, 0.25) is 5.84 Å². The highest BCUT2D eigenvalue weighted by Gasteiger charge is 2.38. The summed E-state index contributed by atoms with van der Waals surface area (Å²) in [7, 11) is 0. The lowest BCUT2D eigenvalue weighted by molar-refractivity contribution is -0.601. The average Bonchev–Trinajstić information content (AvgIpc) is 3.07. The van der Waals surface area contributed by atoms with E-state index in [1.165, 1.54) is 44.9 Å². The highest BCUT2D eigenvalue weighted by molar-refractivity contribution is 5.84. The lowest BCUT2D eigenvalue weighted by atomic mass is 10.1. The van der Waals surface area contributed by atoms with Crippen LogP contribution in [0.3, 0.4) is 0 Å². The largest absolute Gasteiger partial charge is 0.870 e. The molecule has 3 N–H and O–H groups in total. The topological polar surface area (TPSA) is 120 Å². The average molecular weight is 417 g/mol. The van der Waals surface area contributed by atoms with Gasteiger partial charge in [-0.1, -0.05) is 58.3 Å². The fraction of sp³-hybridized carbons (Fsp3) is 0.857.